The minimum atomic E-state index is 0.885. The van der Waals surface area contributed by atoms with Crippen molar-refractivity contribution in [2.75, 3.05) is 26.2 Å². The van der Waals surface area contributed by atoms with Gasteiger partial charge in [-0.1, -0.05) is 30.3 Å². The number of likely N-dealkylation sites (tertiary alicyclic amines) is 1. The molecule has 4 N–H and O–H groups in total. The summed E-state index contributed by atoms with van der Waals surface area (Å²) in [6.45, 7) is 5.11. The molecule has 1 aliphatic heterocycles. The van der Waals surface area contributed by atoms with Crippen LogP contribution in [0.2, 0.25) is 0 Å². The highest BCUT2D eigenvalue weighted by atomic mass is 15.1. The number of nitrogens with one attached hydrogen (secondary N) is 1. The quantitative estimate of drug-likeness (QED) is 0.658. The summed E-state index contributed by atoms with van der Waals surface area (Å²) in [4.78, 5) is 1.77. The van der Waals surface area contributed by atoms with Gasteiger partial charge >= 0.3 is 0 Å². The Morgan fingerprint density at radius 2 is 2.07 bits per heavy atom. The van der Waals surface area contributed by atoms with Gasteiger partial charge in [-0.05, 0) is 5.56 Å². The van der Waals surface area contributed by atoms with Gasteiger partial charge in [-0.25, -0.2) is 0 Å². The van der Waals surface area contributed by atoms with E-state index in [1.807, 2.05) is 0 Å². The normalized spacial score (nSPS) is 25.7. The first-order valence-corrected chi connectivity index (χ1v) is 6.05. The van der Waals surface area contributed by atoms with Gasteiger partial charge in [-0.2, -0.15) is 0 Å². The lowest BCUT2D eigenvalue weighted by molar-refractivity contribution is -0.889. The summed E-state index contributed by atoms with van der Waals surface area (Å²) in [5.41, 5.74) is 5.48. The maximum absolute atomic E-state index is 4.01. The molecule has 0 aromatic heterocycles. The molecule has 2 heteroatoms. The average molecular weight is 206 g/mol. The van der Waals surface area contributed by atoms with Gasteiger partial charge in [0.2, 0.25) is 0 Å². The molecule has 2 nitrogen and oxygen atoms in total. The zero-order valence-electron chi connectivity index (χ0n) is 9.41. The second kappa shape index (κ2) is 5.29. The maximum atomic E-state index is 4.01. The summed E-state index contributed by atoms with van der Waals surface area (Å²) in [7, 11) is 0. The first kappa shape index (κ1) is 10.7. The van der Waals surface area contributed by atoms with E-state index in [0.717, 1.165) is 12.5 Å². The summed E-state index contributed by atoms with van der Waals surface area (Å²) in [6.07, 6.45) is 2.60. The van der Waals surface area contributed by atoms with Gasteiger partial charge in [0.25, 0.3) is 0 Å². The SMILES string of the molecule is [NH3+]C[C@@H]1CC[NH+](CCc2ccccc2)C1. The number of quaternary nitrogens is 2. The monoisotopic (exact) mass is 206 g/mol. The maximum Gasteiger partial charge on any atom is 0.0856 e. The third-order valence-corrected chi connectivity index (χ3v) is 3.50. The summed E-state index contributed by atoms with van der Waals surface area (Å²) < 4.78 is 0. The van der Waals surface area contributed by atoms with Crippen molar-refractivity contribution >= 4 is 0 Å². The Morgan fingerprint density at radius 1 is 1.27 bits per heavy atom. The molecule has 0 spiro atoms. The molecule has 1 unspecified atom stereocenters. The minimum Gasteiger partial charge on any atom is -0.357 e. The number of hydrogen-bond donors (Lipinski definition) is 2. The molecule has 1 aromatic rings. The smallest absolute Gasteiger partial charge is 0.0856 e. The zero-order valence-corrected chi connectivity index (χ0v) is 9.41. The number of rotatable bonds is 4. The molecule has 1 heterocycles. The van der Waals surface area contributed by atoms with Crippen LogP contribution in [0.4, 0.5) is 0 Å². The van der Waals surface area contributed by atoms with Crippen molar-refractivity contribution in [3.63, 3.8) is 0 Å². The second-order valence-electron chi connectivity index (χ2n) is 4.63. The van der Waals surface area contributed by atoms with Gasteiger partial charge in [0.1, 0.15) is 0 Å². The van der Waals surface area contributed by atoms with Crippen LogP contribution in [0.15, 0.2) is 30.3 Å². The van der Waals surface area contributed by atoms with Gasteiger partial charge in [-0.3, -0.25) is 0 Å². The average Bonchev–Trinajstić information content (AvgIpc) is 2.76. The molecule has 0 aliphatic carbocycles. The van der Waals surface area contributed by atoms with Crippen LogP contribution in [0.5, 0.6) is 0 Å². The fourth-order valence-electron chi connectivity index (χ4n) is 2.46. The first-order valence-electron chi connectivity index (χ1n) is 6.05. The molecule has 2 rings (SSSR count). The molecule has 1 aliphatic rings. The van der Waals surface area contributed by atoms with E-state index in [-0.39, 0.29) is 0 Å². The van der Waals surface area contributed by atoms with E-state index in [9.17, 15) is 0 Å². The molecule has 1 saturated heterocycles. The van der Waals surface area contributed by atoms with E-state index in [1.54, 1.807) is 4.90 Å². The third-order valence-electron chi connectivity index (χ3n) is 3.50. The Balaban J connectivity index is 1.75. The molecule has 82 valence electrons. The topological polar surface area (TPSA) is 32.1 Å². The lowest BCUT2D eigenvalue weighted by Gasteiger charge is -2.12. The van der Waals surface area contributed by atoms with Crippen molar-refractivity contribution in [2.24, 2.45) is 5.92 Å². The van der Waals surface area contributed by atoms with Crippen LogP contribution in [0, 0.1) is 5.92 Å². The summed E-state index contributed by atoms with van der Waals surface area (Å²) >= 11 is 0. The van der Waals surface area contributed by atoms with E-state index in [1.165, 1.54) is 38.0 Å². The van der Waals surface area contributed by atoms with E-state index in [2.05, 4.69) is 36.1 Å². The fraction of sp³-hybridized carbons (Fsp3) is 0.538. The highest BCUT2D eigenvalue weighted by Crippen LogP contribution is 2.01. The van der Waals surface area contributed by atoms with Crippen LogP contribution in [-0.4, -0.2) is 26.2 Å². The molecule has 0 amide bonds. The molecule has 0 saturated carbocycles. The Kier molecular flexibility index (Phi) is 3.75. The van der Waals surface area contributed by atoms with Gasteiger partial charge < -0.3 is 10.6 Å². The molecule has 15 heavy (non-hydrogen) atoms. The van der Waals surface area contributed by atoms with Crippen LogP contribution in [0.1, 0.15) is 12.0 Å². The Hall–Kier alpha value is -0.860. The molecular formula is C13H22N2+2. The van der Waals surface area contributed by atoms with Crippen LogP contribution in [0.3, 0.4) is 0 Å². The number of hydrogen-bond acceptors (Lipinski definition) is 0. The Labute approximate surface area is 92.1 Å². The van der Waals surface area contributed by atoms with E-state index in [4.69, 9.17) is 0 Å². The summed E-state index contributed by atoms with van der Waals surface area (Å²) in [5, 5.41) is 0. The molecule has 1 fully saturated rings. The first-order chi connectivity index (χ1) is 7.38. The van der Waals surface area contributed by atoms with Crippen molar-refractivity contribution in [3.05, 3.63) is 35.9 Å². The van der Waals surface area contributed by atoms with Crippen LogP contribution < -0.4 is 10.6 Å². The molecule has 0 bridgehead atoms. The van der Waals surface area contributed by atoms with Gasteiger partial charge in [0.15, 0.2) is 0 Å². The van der Waals surface area contributed by atoms with Crippen LogP contribution in [-0.2, 0) is 6.42 Å². The zero-order chi connectivity index (χ0) is 10.5. The highest BCUT2D eigenvalue weighted by Gasteiger charge is 2.25. The van der Waals surface area contributed by atoms with Crippen LogP contribution in [0.25, 0.3) is 0 Å². The van der Waals surface area contributed by atoms with E-state index in [0.29, 0.717) is 0 Å². The summed E-state index contributed by atoms with van der Waals surface area (Å²) in [6, 6.07) is 10.8. The number of benzene rings is 1. The highest BCUT2D eigenvalue weighted by molar-refractivity contribution is 5.14. The van der Waals surface area contributed by atoms with Gasteiger partial charge in [0, 0.05) is 12.8 Å². The van der Waals surface area contributed by atoms with Gasteiger partial charge in [-0.15, -0.1) is 0 Å². The van der Waals surface area contributed by atoms with E-state index >= 15 is 0 Å². The van der Waals surface area contributed by atoms with Crippen molar-refractivity contribution in [1.82, 2.24) is 0 Å². The lowest BCUT2D eigenvalue weighted by atomic mass is 10.1. The predicted molar refractivity (Wildman–Crippen MR) is 61.6 cm³/mol. The van der Waals surface area contributed by atoms with Crippen molar-refractivity contribution in [3.8, 4) is 0 Å². The predicted octanol–water partition coefficient (Wildman–Crippen LogP) is -0.624. The van der Waals surface area contributed by atoms with Crippen molar-refractivity contribution in [2.45, 2.75) is 12.8 Å². The largest absolute Gasteiger partial charge is 0.357 e. The van der Waals surface area contributed by atoms with E-state index < -0.39 is 0 Å². The van der Waals surface area contributed by atoms with Crippen molar-refractivity contribution in [1.29, 1.82) is 0 Å². The standard InChI is InChI=1S/C13H20N2/c14-10-13-7-9-15(11-13)8-6-12-4-2-1-3-5-12/h1-5,13H,6-11,14H2/p+2/t13-/m0/s1. The van der Waals surface area contributed by atoms with Gasteiger partial charge in [0.05, 0.1) is 32.1 Å². The third kappa shape index (κ3) is 3.05. The lowest BCUT2D eigenvalue weighted by Crippen LogP contribution is -3.10. The van der Waals surface area contributed by atoms with Crippen LogP contribution >= 0.6 is 0 Å². The molecule has 1 aromatic carbocycles. The second-order valence-corrected chi connectivity index (χ2v) is 4.63. The summed E-state index contributed by atoms with van der Waals surface area (Å²) in [5.74, 6) is 0.885. The van der Waals surface area contributed by atoms with Crippen molar-refractivity contribution < 1.29 is 10.6 Å². The Morgan fingerprint density at radius 3 is 2.73 bits per heavy atom. The minimum absolute atomic E-state index is 0.885. The molecular weight excluding hydrogens is 184 g/mol. The molecule has 2 atom stereocenters. The fourth-order valence-corrected chi connectivity index (χ4v) is 2.46. The molecule has 0 radical (unpaired) electrons. The Bertz CT molecular complexity index is 284.